The second-order valence-corrected chi connectivity index (χ2v) is 6.70. The van der Waals surface area contributed by atoms with Gasteiger partial charge in [-0.15, -0.1) is 11.3 Å². The van der Waals surface area contributed by atoms with E-state index in [1.54, 1.807) is 35.6 Å². The lowest BCUT2D eigenvalue weighted by atomic mass is 10.3. The maximum absolute atomic E-state index is 12.5. The molecule has 2 aromatic rings. The lowest BCUT2D eigenvalue weighted by Gasteiger charge is -2.13. The van der Waals surface area contributed by atoms with Crippen LogP contribution >= 0.6 is 35.2 Å². The molecule has 1 aromatic carbocycles. The molecule has 2 heterocycles. The van der Waals surface area contributed by atoms with Crippen LogP contribution in [0.15, 0.2) is 42.1 Å². The summed E-state index contributed by atoms with van der Waals surface area (Å²) in [5.74, 6) is -0.173. The van der Waals surface area contributed by atoms with Gasteiger partial charge in [-0.1, -0.05) is 17.7 Å². The minimum atomic E-state index is -0.173. The fourth-order valence-corrected chi connectivity index (χ4v) is 3.36. The maximum atomic E-state index is 12.5. The Labute approximate surface area is 136 Å². The van der Waals surface area contributed by atoms with Gasteiger partial charge in [-0.05, 0) is 55.5 Å². The number of nitrogens with one attached hydrogen (secondary N) is 1. The normalized spacial score (nSPS) is 16.7. The van der Waals surface area contributed by atoms with E-state index in [1.807, 2.05) is 25.1 Å². The SMILES string of the molecule is Cc1ccc(/C=C2\NC(=S)N(c3cccc(Cl)c3)C2=O)s1. The quantitative estimate of drug-likeness (QED) is 0.666. The highest BCUT2D eigenvalue weighted by atomic mass is 35.5. The molecule has 6 heteroatoms. The Morgan fingerprint density at radius 3 is 2.81 bits per heavy atom. The van der Waals surface area contributed by atoms with Crippen molar-refractivity contribution in [2.45, 2.75) is 6.92 Å². The number of anilines is 1. The number of thiocarbonyl (C=S) groups is 1. The third-order valence-electron chi connectivity index (χ3n) is 2.99. The molecule has 1 fully saturated rings. The zero-order valence-corrected chi connectivity index (χ0v) is 13.5. The maximum Gasteiger partial charge on any atom is 0.281 e. The van der Waals surface area contributed by atoms with Gasteiger partial charge in [0.05, 0.1) is 5.69 Å². The largest absolute Gasteiger partial charge is 0.327 e. The first kappa shape index (κ1) is 14.3. The third kappa shape index (κ3) is 2.85. The molecule has 0 atom stereocenters. The van der Waals surface area contributed by atoms with Crippen LogP contribution in [0.2, 0.25) is 5.02 Å². The van der Waals surface area contributed by atoms with E-state index in [-0.39, 0.29) is 5.91 Å². The average Bonchev–Trinajstić information content (AvgIpc) is 2.94. The zero-order valence-electron chi connectivity index (χ0n) is 11.1. The highest BCUT2D eigenvalue weighted by Gasteiger charge is 2.32. The van der Waals surface area contributed by atoms with Crippen molar-refractivity contribution in [3.63, 3.8) is 0 Å². The summed E-state index contributed by atoms with van der Waals surface area (Å²) in [6, 6.07) is 11.1. The number of nitrogens with zero attached hydrogens (tertiary/aromatic N) is 1. The summed E-state index contributed by atoms with van der Waals surface area (Å²) in [5.41, 5.74) is 1.14. The van der Waals surface area contributed by atoms with Crippen molar-refractivity contribution in [2.75, 3.05) is 4.90 Å². The molecule has 21 heavy (non-hydrogen) atoms. The van der Waals surface area contributed by atoms with Gasteiger partial charge >= 0.3 is 0 Å². The monoisotopic (exact) mass is 334 g/mol. The van der Waals surface area contributed by atoms with E-state index in [9.17, 15) is 4.79 Å². The summed E-state index contributed by atoms with van der Waals surface area (Å²) in [6.07, 6.45) is 1.82. The molecule has 0 unspecified atom stereocenters. The number of carbonyl (C=O) groups is 1. The van der Waals surface area contributed by atoms with Gasteiger partial charge in [-0.2, -0.15) is 0 Å². The molecule has 1 N–H and O–H groups in total. The Morgan fingerprint density at radius 1 is 1.33 bits per heavy atom. The Bertz CT molecular complexity index is 767. The highest BCUT2D eigenvalue weighted by molar-refractivity contribution is 7.80. The van der Waals surface area contributed by atoms with Gasteiger partial charge in [0.15, 0.2) is 5.11 Å². The van der Waals surface area contributed by atoms with Gasteiger partial charge in [0.2, 0.25) is 0 Å². The number of thiophene rings is 1. The van der Waals surface area contributed by atoms with E-state index in [0.717, 1.165) is 4.88 Å². The number of benzene rings is 1. The molecule has 0 spiro atoms. The van der Waals surface area contributed by atoms with Crippen molar-refractivity contribution in [2.24, 2.45) is 0 Å². The van der Waals surface area contributed by atoms with Crippen molar-refractivity contribution < 1.29 is 4.79 Å². The average molecular weight is 335 g/mol. The molecule has 1 aromatic heterocycles. The van der Waals surface area contributed by atoms with Gasteiger partial charge in [0.25, 0.3) is 5.91 Å². The predicted octanol–water partition coefficient (Wildman–Crippen LogP) is 3.97. The second kappa shape index (κ2) is 5.60. The highest BCUT2D eigenvalue weighted by Crippen LogP contribution is 2.26. The van der Waals surface area contributed by atoms with Crippen LogP contribution in [0.5, 0.6) is 0 Å². The summed E-state index contributed by atoms with van der Waals surface area (Å²) in [7, 11) is 0. The Hall–Kier alpha value is -1.69. The molecule has 1 aliphatic rings. The number of hydrogen-bond donors (Lipinski definition) is 1. The molecule has 0 aliphatic carbocycles. The van der Waals surface area contributed by atoms with Crippen molar-refractivity contribution in [3.8, 4) is 0 Å². The van der Waals surface area contributed by atoms with Crippen LogP contribution in [0.1, 0.15) is 9.75 Å². The lowest BCUT2D eigenvalue weighted by molar-refractivity contribution is -0.113. The molecule has 0 saturated carbocycles. The fraction of sp³-hybridized carbons (Fsp3) is 0.0667. The van der Waals surface area contributed by atoms with Crippen LogP contribution in [-0.2, 0) is 4.79 Å². The van der Waals surface area contributed by atoms with E-state index in [0.29, 0.717) is 21.5 Å². The first-order chi connectivity index (χ1) is 10.0. The van der Waals surface area contributed by atoms with Crippen molar-refractivity contribution in [1.82, 2.24) is 5.32 Å². The molecule has 1 amide bonds. The summed E-state index contributed by atoms with van der Waals surface area (Å²) in [4.78, 5) is 16.2. The van der Waals surface area contributed by atoms with Gasteiger partial charge in [-0.3, -0.25) is 9.69 Å². The van der Waals surface area contributed by atoms with Crippen LogP contribution < -0.4 is 10.2 Å². The van der Waals surface area contributed by atoms with Crippen LogP contribution in [-0.4, -0.2) is 11.0 Å². The van der Waals surface area contributed by atoms with Crippen molar-refractivity contribution >= 4 is 57.9 Å². The van der Waals surface area contributed by atoms with Gasteiger partial charge in [0, 0.05) is 14.8 Å². The van der Waals surface area contributed by atoms with E-state index in [4.69, 9.17) is 23.8 Å². The minimum absolute atomic E-state index is 0.173. The smallest absolute Gasteiger partial charge is 0.281 e. The first-order valence-electron chi connectivity index (χ1n) is 6.24. The second-order valence-electron chi connectivity index (χ2n) is 4.56. The Balaban J connectivity index is 1.94. The van der Waals surface area contributed by atoms with E-state index >= 15 is 0 Å². The van der Waals surface area contributed by atoms with Crippen LogP contribution in [0.4, 0.5) is 5.69 Å². The summed E-state index contributed by atoms with van der Waals surface area (Å²) >= 11 is 12.9. The zero-order chi connectivity index (χ0) is 15.0. The summed E-state index contributed by atoms with van der Waals surface area (Å²) in [6.45, 7) is 2.03. The van der Waals surface area contributed by atoms with Crippen LogP contribution in [0.3, 0.4) is 0 Å². The summed E-state index contributed by atoms with van der Waals surface area (Å²) < 4.78 is 0. The molecule has 3 nitrogen and oxygen atoms in total. The molecule has 3 rings (SSSR count). The number of rotatable bonds is 2. The number of halogens is 1. The predicted molar refractivity (Wildman–Crippen MR) is 91.7 cm³/mol. The topological polar surface area (TPSA) is 32.3 Å². The number of carbonyl (C=O) groups excluding carboxylic acids is 1. The van der Waals surface area contributed by atoms with Crippen molar-refractivity contribution in [3.05, 3.63) is 56.9 Å². The molecular weight excluding hydrogens is 324 g/mol. The molecule has 106 valence electrons. The van der Waals surface area contributed by atoms with Crippen LogP contribution in [0, 0.1) is 6.92 Å². The standard InChI is InChI=1S/C15H11ClN2OS2/c1-9-5-6-12(21-9)8-13-14(19)18(15(20)17-13)11-4-2-3-10(16)7-11/h2-8H,1H3,(H,17,20)/b13-8-. The molecule has 1 saturated heterocycles. The van der Waals surface area contributed by atoms with E-state index in [2.05, 4.69) is 5.32 Å². The van der Waals surface area contributed by atoms with Gasteiger partial charge in [0.1, 0.15) is 5.70 Å². The van der Waals surface area contributed by atoms with E-state index < -0.39 is 0 Å². The molecular formula is C15H11ClN2OS2. The Kier molecular flexibility index (Phi) is 3.80. The third-order valence-corrected chi connectivity index (χ3v) is 4.46. The first-order valence-corrected chi connectivity index (χ1v) is 7.84. The van der Waals surface area contributed by atoms with E-state index in [1.165, 1.54) is 9.78 Å². The molecule has 0 bridgehead atoms. The summed E-state index contributed by atoms with van der Waals surface area (Å²) in [5, 5.41) is 3.89. The van der Waals surface area contributed by atoms with Gasteiger partial charge < -0.3 is 5.32 Å². The number of aryl methyl sites for hydroxylation is 1. The molecule has 0 radical (unpaired) electrons. The fourth-order valence-electron chi connectivity index (χ4n) is 2.06. The van der Waals surface area contributed by atoms with Crippen LogP contribution in [0.25, 0.3) is 6.08 Å². The van der Waals surface area contributed by atoms with Gasteiger partial charge in [-0.25, -0.2) is 0 Å². The Morgan fingerprint density at radius 2 is 2.14 bits per heavy atom. The lowest BCUT2D eigenvalue weighted by Crippen LogP contribution is -2.30. The molecule has 1 aliphatic heterocycles. The van der Waals surface area contributed by atoms with Crippen molar-refractivity contribution in [1.29, 1.82) is 0 Å². The number of hydrogen-bond acceptors (Lipinski definition) is 3. The minimum Gasteiger partial charge on any atom is -0.327 e. The number of amides is 1.